The SMILES string of the molecule is O=C(Nc1ccc(S(=O)(=O)Nc2ccccc2Cl)cc1)[C@H]1CN(S(=O)(=O)c2ccc(Cl)cc2)c2ccccc2O1. The molecule has 9 nitrogen and oxygen atoms in total. The van der Waals surface area contributed by atoms with Crippen molar-refractivity contribution in [1.82, 2.24) is 0 Å². The van der Waals surface area contributed by atoms with Gasteiger partial charge in [-0.3, -0.25) is 13.8 Å². The van der Waals surface area contributed by atoms with Crippen molar-refractivity contribution >= 4 is 66.2 Å². The molecule has 1 aliphatic heterocycles. The maximum atomic E-state index is 13.5. The lowest BCUT2D eigenvalue weighted by Crippen LogP contribution is -2.48. The molecule has 1 atom stereocenters. The zero-order valence-corrected chi connectivity index (χ0v) is 23.6. The summed E-state index contributed by atoms with van der Waals surface area (Å²) in [6.07, 6.45) is -1.19. The highest BCUT2D eigenvalue weighted by atomic mass is 35.5. The van der Waals surface area contributed by atoms with E-state index in [4.69, 9.17) is 27.9 Å². The average molecular weight is 619 g/mol. The van der Waals surface area contributed by atoms with Crippen LogP contribution in [0.1, 0.15) is 0 Å². The highest BCUT2D eigenvalue weighted by molar-refractivity contribution is 7.93. The number of nitrogens with one attached hydrogen (secondary N) is 2. The minimum Gasteiger partial charge on any atom is -0.476 e. The van der Waals surface area contributed by atoms with Gasteiger partial charge in [0.15, 0.2) is 6.10 Å². The number of hydrogen-bond acceptors (Lipinski definition) is 6. The zero-order chi connectivity index (χ0) is 28.5. The van der Waals surface area contributed by atoms with Gasteiger partial charge in [0.05, 0.1) is 32.7 Å². The molecule has 0 aliphatic carbocycles. The van der Waals surface area contributed by atoms with E-state index in [1.54, 1.807) is 42.5 Å². The molecule has 0 unspecified atom stereocenters. The Kier molecular flexibility index (Phi) is 7.65. The molecule has 4 aromatic carbocycles. The van der Waals surface area contributed by atoms with Crippen molar-refractivity contribution in [1.29, 1.82) is 0 Å². The van der Waals surface area contributed by atoms with Gasteiger partial charge in [0.1, 0.15) is 5.75 Å². The Morgan fingerprint density at radius 1 is 0.800 bits per heavy atom. The van der Waals surface area contributed by atoms with Crippen LogP contribution >= 0.6 is 23.2 Å². The molecule has 0 spiro atoms. The molecule has 1 heterocycles. The number of nitrogens with zero attached hydrogens (tertiary/aromatic N) is 1. The lowest BCUT2D eigenvalue weighted by Gasteiger charge is -2.34. The van der Waals surface area contributed by atoms with Crippen molar-refractivity contribution < 1.29 is 26.4 Å². The van der Waals surface area contributed by atoms with E-state index in [2.05, 4.69) is 10.0 Å². The second-order valence-electron chi connectivity index (χ2n) is 8.66. The third kappa shape index (κ3) is 5.73. The van der Waals surface area contributed by atoms with Gasteiger partial charge in [-0.05, 0) is 72.8 Å². The Balaban J connectivity index is 1.34. The summed E-state index contributed by atoms with van der Waals surface area (Å²) in [6, 6.07) is 24.1. The van der Waals surface area contributed by atoms with E-state index in [-0.39, 0.29) is 38.5 Å². The third-order valence-corrected chi connectivity index (χ3v) is 9.74. The fraction of sp³-hybridized carbons (Fsp3) is 0.0741. The Morgan fingerprint density at radius 2 is 1.43 bits per heavy atom. The minimum atomic E-state index is -4.05. The van der Waals surface area contributed by atoms with Gasteiger partial charge in [0.2, 0.25) is 0 Å². The molecule has 40 heavy (non-hydrogen) atoms. The van der Waals surface area contributed by atoms with E-state index in [0.29, 0.717) is 10.7 Å². The lowest BCUT2D eigenvalue weighted by atomic mass is 10.2. The zero-order valence-electron chi connectivity index (χ0n) is 20.5. The molecule has 206 valence electrons. The predicted molar refractivity (Wildman–Crippen MR) is 154 cm³/mol. The van der Waals surface area contributed by atoms with Crippen LogP contribution in [0.15, 0.2) is 107 Å². The molecule has 1 amide bonds. The molecule has 1 aliphatic rings. The molecule has 0 bridgehead atoms. The van der Waals surface area contributed by atoms with E-state index < -0.39 is 32.1 Å². The van der Waals surface area contributed by atoms with E-state index >= 15 is 0 Å². The molecule has 4 aromatic rings. The number of rotatable bonds is 7. The van der Waals surface area contributed by atoms with Crippen LogP contribution < -0.4 is 19.1 Å². The average Bonchev–Trinajstić information content (AvgIpc) is 2.94. The number of hydrogen-bond donors (Lipinski definition) is 2. The molecule has 0 saturated heterocycles. The van der Waals surface area contributed by atoms with Crippen molar-refractivity contribution in [3.05, 3.63) is 107 Å². The Bertz CT molecular complexity index is 1780. The van der Waals surface area contributed by atoms with Crippen molar-refractivity contribution in [2.24, 2.45) is 0 Å². The van der Waals surface area contributed by atoms with Crippen LogP contribution in [0.2, 0.25) is 10.0 Å². The molecular weight excluding hydrogens is 597 g/mol. The summed E-state index contributed by atoms with van der Waals surface area (Å²) in [5.74, 6) is -0.394. The number of ether oxygens (including phenoxy) is 1. The number of halogens is 2. The summed E-state index contributed by atoms with van der Waals surface area (Å²) in [5.41, 5.74) is 0.813. The first-order valence-corrected chi connectivity index (χ1v) is 15.4. The topological polar surface area (TPSA) is 122 Å². The molecule has 0 fully saturated rings. The second kappa shape index (κ2) is 11.0. The number of amides is 1. The molecular formula is C27H21Cl2N3O6S2. The first-order valence-electron chi connectivity index (χ1n) is 11.8. The van der Waals surface area contributed by atoms with Crippen LogP contribution in [0.4, 0.5) is 17.1 Å². The summed E-state index contributed by atoms with van der Waals surface area (Å²) in [4.78, 5) is 13.1. The molecule has 5 rings (SSSR count). The van der Waals surface area contributed by atoms with Gasteiger partial charge in [0.25, 0.3) is 26.0 Å². The third-order valence-electron chi connectivity index (χ3n) is 5.98. The summed E-state index contributed by atoms with van der Waals surface area (Å²) in [7, 11) is -7.99. The smallest absolute Gasteiger partial charge is 0.267 e. The number of carbonyl (C=O) groups is 1. The monoisotopic (exact) mass is 617 g/mol. The van der Waals surface area contributed by atoms with Gasteiger partial charge in [-0.2, -0.15) is 0 Å². The number of sulfonamides is 2. The van der Waals surface area contributed by atoms with Crippen molar-refractivity contribution in [2.75, 3.05) is 20.9 Å². The first kappa shape index (κ1) is 27.8. The van der Waals surface area contributed by atoms with E-state index in [0.717, 1.165) is 4.31 Å². The molecule has 0 aromatic heterocycles. The lowest BCUT2D eigenvalue weighted by molar-refractivity contribution is -0.122. The van der Waals surface area contributed by atoms with Gasteiger partial charge < -0.3 is 10.1 Å². The van der Waals surface area contributed by atoms with Crippen LogP contribution in [0.25, 0.3) is 0 Å². The van der Waals surface area contributed by atoms with E-state index in [1.807, 2.05) is 0 Å². The van der Waals surface area contributed by atoms with Crippen LogP contribution in [-0.4, -0.2) is 35.4 Å². The normalized spacial score (nSPS) is 15.1. The number of carbonyl (C=O) groups excluding carboxylic acids is 1. The molecule has 0 radical (unpaired) electrons. The predicted octanol–water partition coefficient (Wildman–Crippen LogP) is 5.39. The highest BCUT2D eigenvalue weighted by Gasteiger charge is 2.37. The van der Waals surface area contributed by atoms with E-state index in [9.17, 15) is 21.6 Å². The highest BCUT2D eigenvalue weighted by Crippen LogP contribution is 2.37. The summed E-state index contributed by atoms with van der Waals surface area (Å²) in [5, 5.41) is 3.29. The number of benzene rings is 4. The van der Waals surface area contributed by atoms with Gasteiger partial charge >= 0.3 is 0 Å². The van der Waals surface area contributed by atoms with Gasteiger partial charge in [0, 0.05) is 10.7 Å². The molecule has 13 heteroatoms. The van der Waals surface area contributed by atoms with Crippen LogP contribution in [0.3, 0.4) is 0 Å². The Hall–Kier alpha value is -3.77. The number of fused-ring (bicyclic) bond motifs is 1. The maximum absolute atomic E-state index is 13.5. The fourth-order valence-electron chi connectivity index (χ4n) is 3.99. The van der Waals surface area contributed by atoms with Gasteiger partial charge in [-0.1, -0.05) is 47.5 Å². The fourth-order valence-corrected chi connectivity index (χ4v) is 6.91. The Morgan fingerprint density at radius 3 is 2.12 bits per heavy atom. The molecule has 0 saturated carbocycles. The van der Waals surface area contributed by atoms with Crippen molar-refractivity contribution in [2.45, 2.75) is 15.9 Å². The second-order valence-corrected chi connectivity index (χ2v) is 13.1. The van der Waals surface area contributed by atoms with Crippen molar-refractivity contribution in [3.63, 3.8) is 0 Å². The number of anilines is 3. The van der Waals surface area contributed by atoms with Gasteiger partial charge in [-0.15, -0.1) is 0 Å². The number of para-hydroxylation sites is 3. The van der Waals surface area contributed by atoms with Crippen LogP contribution in [-0.2, 0) is 24.8 Å². The van der Waals surface area contributed by atoms with Crippen LogP contribution in [0, 0.1) is 0 Å². The summed E-state index contributed by atoms with van der Waals surface area (Å²) in [6.45, 7) is -0.290. The standard InChI is InChI=1S/C27H21Cl2N3O6S2/c28-18-9-13-21(14-10-18)40(36,37)32-17-26(38-25-8-4-3-7-24(25)32)27(33)30-19-11-15-20(16-12-19)39(34,35)31-23-6-2-1-5-22(23)29/h1-16,26,31H,17H2,(H,30,33)/t26-/m1/s1. The van der Waals surface area contributed by atoms with Crippen molar-refractivity contribution in [3.8, 4) is 5.75 Å². The first-order chi connectivity index (χ1) is 19.0. The summed E-state index contributed by atoms with van der Waals surface area (Å²) < 4.78 is 61.9. The summed E-state index contributed by atoms with van der Waals surface area (Å²) >= 11 is 12.0. The van der Waals surface area contributed by atoms with E-state index in [1.165, 1.54) is 54.6 Å². The molecule has 2 N–H and O–H groups in total. The van der Waals surface area contributed by atoms with Gasteiger partial charge in [-0.25, -0.2) is 16.8 Å². The quantitative estimate of drug-likeness (QED) is 0.287. The Labute approximate surface area is 241 Å². The minimum absolute atomic E-state index is 0.00922. The maximum Gasteiger partial charge on any atom is 0.267 e. The largest absolute Gasteiger partial charge is 0.476 e. The van der Waals surface area contributed by atoms with Crippen LogP contribution in [0.5, 0.6) is 5.75 Å².